The number of pyridine rings is 1. The quantitative estimate of drug-likeness (QED) is 0.691. The van der Waals surface area contributed by atoms with Crippen molar-refractivity contribution in [3.05, 3.63) is 70.3 Å². The molecule has 1 N–H and O–H groups in total. The number of aromatic nitrogens is 3. The molecule has 0 fully saturated rings. The van der Waals surface area contributed by atoms with Crippen LogP contribution >= 0.6 is 11.6 Å². The van der Waals surface area contributed by atoms with Gasteiger partial charge in [0.1, 0.15) is 5.69 Å². The van der Waals surface area contributed by atoms with E-state index in [2.05, 4.69) is 17.0 Å². The molecule has 1 amide bonds. The predicted molar refractivity (Wildman–Crippen MR) is 111 cm³/mol. The average Bonchev–Trinajstić information content (AvgIpc) is 3.38. The second-order valence-corrected chi connectivity index (χ2v) is 8.24. The Labute approximate surface area is 177 Å². The minimum atomic E-state index is -1.08. The standard InChI is InChI=1S/C22H19ClN4O3/c1-2-7-26-12-15(11-24-26)27-19-8-14(23)4-5-16(19)22(21(27)30)9-13-3-6-17(20(28)29)25-18(13)10-22/h3-6,8,11-12H,2,7,9-10H2,1H3,(H,28,29). The lowest BCUT2D eigenvalue weighted by atomic mass is 9.79. The van der Waals surface area contributed by atoms with Crippen LogP contribution < -0.4 is 4.90 Å². The SMILES string of the molecule is CCCn1cc(N2C(=O)C3(Cc4ccc(C(=O)O)nc4C3)c3ccc(Cl)cc32)cn1. The first-order valence-corrected chi connectivity index (χ1v) is 10.2. The lowest BCUT2D eigenvalue weighted by Crippen LogP contribution is -2.39. The van der Waals surface area contributed by atoms with Crippen LogP contribution in [-0.4, -0.2) is 31.7 Å². The van der Waals surface area contributed by atoms with E-state index in [-0.39, 0.29) is 11.6 Å². The minimum absolute atomic E-state index is 0.00901. The summed E-state index contributed by atoms with van der Waals surface area (Å²) in [5, 5.41) is 14.2. The first kappa shape index (κ1) is 18.8. The molecule has 3 aromatic rings. The highest BCUT2D eigenvalue weighted by Crippen LogP contribution is 2.52. The van der Waals surface area contributed by atoms with E-state index in [9.17, 15) is 14.7 Å². The number of hydrogen-bond donors (Lipinski definition) is 1. The first-order valence-electron chi connectivity index (χ1n) is 9.82. The Hall–Kier alpha value is -3.19. The van der Waals surface area contributed by atoms with Gasteiger partial charge in [-0.25, -0.2) is 9.78 Å². The van der Waals surface area contributed by atoms with Gasteiger partial charge in [0.25, 0.3) is 0 Å². The number of rotatable bonds is 4. The van der Waals surface area contributed by atoms with E-state index in [0.717, 1.165) is 29.8 Å². The van der Waals surface area contributed by atoms with Gasteiger partial charge in [0.05, 0.1) is 23.0 Å². The van der Waals surface area contributed by atoms with Gasteiger partial charge in [-0.05, 0) is 42.2 Å². The van der Waals surface area contributed by atoms with Crippen molar-refractivity contribution in [3.8, 4) is 0 Å². The predicted octanol–water partition coefficient (Wildman–Crippen LogP) is 3.75. The zero-order chi connectivity index (χ0) is 21.0. The largest absolute Gasteiger partial charge is 0.477 e. The van der Waals surface area contributed by atoms with Gasteiger partial charge in [-0.2, -0.15) is 5.10 Å². The van der Waals surface area contributed by atoms with Crippen molar-refractivity contribution in [3.63, 3.8) is 0 Å². The molecule has 2 aliphatic rings. The molecule has 1 atom stereocenters. The lowest BCUT2D eigenvalue weighted by molar-refractivity contribution is -0.122. The zero-order valence-corrected chi connectivity index (χ0v) is 17.1. The number of hydrogen-bond acceptors (Lipinski definition) is 4. The summed E-state index contributed by atoms with van der Waals surface area (Å²) >= 11 is 6.28. The van der Waals surface area contributed by atoms with Crippen molar-refractivity contribution in [1.82, 2.24) is 14.8 Å². The molecule has 0 saturated heterocycles. The van der Waals surface area contributed by atoms with Gasteiger partial charge in [-0.3, -0.25) is 14.4 Å². The molecule has 1 aliphatic carbocycles. The number of halogens is 1. The molecule has 7 nitrogen and oxygen atoms in total. The molecule has 152 valence electrons. The highest BCUT2D eigenvalue weighted by atomic mass is 35.5. The number of fused-ring (bicyclic) bond motifs is 3. The molecule has 5 rings (SSSR count). The number of amides is 1. The van der Waals surface area contributed by atoms with Crippen molar-refractivity contribution in [1.29, 1.82) is 0 Å². The van der Waals surface area contributed by atoms with Crippen molar-refractivity contribution in [2.24, 2.45) is 0 Å². The maximum Gasteiger partial charge on any atom is 0.354 e. The van der Waals surface area contributed by atoms with Crippen LogP contribution in [-0.2, 0) is 29.6 Å². The van der Waals surface area contributed by atoms with E-state index >= 15 is 0 Å². The molecule has 3 heterocycles. The molecule has 30 heavy (non-hydrogen) atoms. The van der Waals surface area contributed by atoms with Gasteiger partial charge < -0.3 is 5.11 Å². The summed E-state index contributed by atoms with van der Waals surface area (Å²) in [6, 6.07) is 8.76. The summed E-state index contributed by atoms with van der Waals surface area (Å²) < 4.78 is 1.82. The first-order chi connectivity index (χ1) is 14.4. The van der Waals surface area contributed by atoms with Crippen LogP contribution in [0, 0.1) is 0 Å². The van der Waals surface area contributed by atoms with Gasteiger partial charge in [0.2, 0.25) is 5.91 Å². The fraction of sp³-hybridized carbons (Fsp3) is 0.273. The van der Waals surface area contributed by atoms with E-state index in [1.54, 1.807) is 29.3 Å². The third kappa shape index (κ3) is 2.65. The lowest BCUT2D eigenvalue weighted by Gasteiger charge is -2.22. The Kier molecular flexibility index (Phi) is 4.18. The highest BCUT2D eigenvalue weighted by molar-refractivity contribution is 6.31. The number of carbonyl (C=O) groups excluding carboxylic acids is 1. The number of aryl methyl sites for hydroxylation is 1. The molecule has 8 heteroatoms. The number of carboxylic acids is 1. The van der Waals surface area contributed by atoms with Crippen molar-refractivity contribution < 1.29 is 14.7 Å². The summed E-state index contributed by atoms with van der Waals surface area (Å²) in [7, 11) is 0. The number of carboxylic acid groups (broad SMARTS) is 1. The summed E-state index contributed by atoms with van der Waals surface area (Å²) in [5.74, 6) is -1.14. The molecule has 0 saturated carbocycles. The Morgan fingerprint density at radius 1 is 1.27 bits per heavy atom. The maximum absolute atomic E-state index is 13.9. The van der Waals surface area contributed by atoms with Crippen LogP contribution in [0.25, 0.3) is 0 Å². The van der Waals surface area contributed by atoms with E-state index in [0.29, 0.717) is 29.2 Å². The molecule has 1 aromatic carbocycles. The van der Waals surface area contributed by atoms with E-state index in [1.807, 2.05) is 16.9 Å². The molecule has 0 radical (unpaired) electrons. The highest BCUT2D eigenvalue weighted by Gasteiger charge is 2.55. The average molecular weight is 423 g/mol. The van der Waals surface area contributed by atoms with Crippen molar-refractivity contribution in [2.75, 3.05) is 4.90 Å². The van der Waals surface area contributed by atoms with Gasteiger partial charge in [-0.15, -0.1) is 0 Å². The second-order valence-electron chi connectivity index (χ2n) is 7.81. The molecule has 1 spiro atoms. The zero-order valence-electron chi connectivity index (χ0n) is 16.3. The van der Waals surface area contributed by atoms with Crippen LogP contribution in [0.3, 0.4) is 0 Å². The fourth-order valence-electron chi connectivity index (χ4n) is 4.59. The van der Waals surface area contributed by atoms with Crippen LogP contribution in [0.4, 0.5) is 11.4 Å². The molecular formula is C22H19ClN4O3. The van der Waals surface area contributed by atoms with Gasteiger partial charge in [0.15, 0.2) is 0 Å². The Morgan fingerprint density at radius 3 is 2.87 bits per heavy atom. The van der Waals surface area contributed by atoms with E-state index < -0.39 is 11.4 Å². The topological polar surface area (TPSA) is 88.3 Å². The second kappa shape index (κ2) is 6.67. The van der Waals surface area contributed by atoms with Gasteiger partial charge in [-0.1, -0.05) is 30.7 Å². The van der Waals surface area contributed by atoms with Crippen LogP contribution in [0.1, 0.15) is 40.7 Å². The van der Waals surface area contributed by atoms with Gasteiger partial charge in [0, 0.05) is 29.9 Å². The number of nitrogens with zero attached hydrogens (tertiary/aromatic N) is 4. The van der Waals surface area contributed by atoms with Crippen LogP contribution in [0.2, 0.25) is 5.02 Å². The van der Waals surface area contributed by atoms with E-state index in [4.69, 9.17) is 11.6 Å². The minimum Gasteiger partial charge on any atom is -0.477 e. The Morgan fingerprint density at radius 2 is 2.10 bits per heavy atom. The summed E-state index contributed by atoms with van der Waals surface area (Å²) in [5.41, 5.74) is 3.06. The molecule has 0 bridgehead atoms. The smallest absolute Gasteiger partial charge is 0.354 e. The van der Waals surface area contributed by atoms with Crippen LogP contribution in [0.15, 0.2) is 42.7 Å². The van der Waals surface area contributed by atoms with Gasteiger partial charge >= 0.3 is 5.97 Å². The van der Waals surface area contributed by atoms with Crippen molar-refractivity contribution in [2.45, 2.75) is 38.1 Å². The van der Waals surface area contributed by atoms with E-state index in [1.165, 1.54) is 6.07 Å². The number of anilines is 2. The summed E-state index contributed by atoms with van der Waals surface area (Å²) in [4.78, 5) is 31.2. The molecule has 2 aromatic heterocycles. The summed E-state index contributed by atoms with van der Waals surface area (Å²) in [6.45, 7) is 2.84. The maximum atomic E-state index is 13.9. The third-order valence-electron chi connectivity index (χ3n) is 5.91. The Bertz CT molecular complexity index is 1200. The summed E-state index contributed by atoms with van der Waals surface area (Å²) in [6.07, 6.45) is 5.33. The third-order valence-corrected chi connectivity index (χ3v) is 6.14. The fourth-order valence-corrected chi connectivity index (χ4v) is 4.75. The Balaban J connectivity index is 1.62. The molecular weight excluding hydrogens is 404 g/mol. The number of carbonyl (C=O) groups is 2. The molecule has 1 aliphatic heterocycles. The number of aromatic carboxylic acids is 1. The monoisotopic (exact) mass is 422 g/mol. The van der Waals surface area contributed by atoms with Crippen molar-refractivity contribution >= 4 is 34.9 Å². The normalized spacial score (nSPS) is 19.4. The molecule has 1 unspecified atom stereocenters. The number of benzene rings is 1. The van der Waals surface area contributed by atoms with Crippen LogP contribution in [0.5, 0.6) is 0 Å².